The third-order valence-electron chi connectivity index (χ3n) is 4.63. The Kier molecular flexibility index (Phi) is 4.95. The van der Waals surface area contributed by atoms with Gasteiger partial charge in [-0.3, -0.25) is 4.79 Å². The quantitative estimate of drug-likeness (QED) is 0.802. The molecule has 136 valence electrons. The van der Waals surface area contributed by atoms with Crippen LogP contribution in [0.15, 0.2) is 18.5 Å². The molecule has 8 heteroatoms. The number of carbonyl (C=O) groups excluding carboxylic acids is 1. The predicted octanol–water partition coefficient (Wildman–Crippen LogP) is 4.34. The van der Waals surface area contributed by atoms with E-state index in [1.165, 1.54) is 10.6 Å². The van der Waals surface area contributed by atoms with Crippen molar-refractivity contribution in [2.45, 2.75) is 51.2 Å². The van der Waals surface area contributed by atoms with Crippen molar-refractivity contribution in [2.24, 2.45) is 0 Å². The standard InChI is InChI=1S/C17H19ClF3N3O/c1-2-13-5-3-4-6-24(13)15(25)8-12-10-23-9-11(17(19,20)21)7-14(18)16(23)22-12/h7,9-10,13H,2-6,8H2,1H3. The molecule has 2 aromatic heterocycles. The van der Waals surface area contributed by atoms with E-state index in [1.54, 1.807) is 0 Å². The molecular weight excluding hydrogens is 355 g/mol. The number of likely N-dealkylation sites (tertiary alicyclic amines) is 1. The number of alkyl halides is 3. The number of pyridine rings is 1. The zero-order valence-electron chi connectivity index (χ0n) is 13.8. The normalized spacial score (nSPS) is 18.8. The van der Waals surface area contributed by atoms with E-state index in [-0.39, 0.29) is 29.0 Å². The molecule has 0 radical (unpaired) electrons. The summed E-state index contributed by atoms with van der Waals surface area (Å²) in [6.07, 6.45) is 1.96. The molecule has 1 amide bonds. The SMILES string of the molecule is CCC1CCCCN1C(=O)Cc1cn2cc(C(F)(F)F)cc(Cl)c2n1. The molecule has 0 spiro atoms. The fraction of sp³-hybridized carbons (Fsp3) is 0.529. The molecule has 0 aromatic carbocycles. The summed E-state index contributed by atoms with van der Waals surface area (Å²) in [5.41, 5.74) is -0.197. The van der Waals surface area contributed by atoms with Gasteiger partial charge in [0.1, 0.15) is 0 Å². The fourth-order valence-electron chi connectivity index (χ4n) is 3.36. The smallest absolute Gasteiger partial charge is 0.339 e. The van der Waals surface area contributed by atoms with Crippen LogP contribution in [0.1, 0.15) is 43.9 Å². The molecule has 1 atom stereocenters. The lowest BCUT2D eigenvalue weighted by molar-refractivity contribution is -0.138. The van der Waals surface area contributed by atoms with Crippen molar-refractivity contribution in [2.75, 3.05) is 6.54 Å². The topological polar surface area (TPSA) is 37.6 Å². The summed E-state index contributed by atoms with van der Waals surface area (Å²) in [6.45, 7) is 2.78. The van der Waals surface area contributed by atoms with Crippen molar-refractivity contribution >= 4 is 23.2 Å². The minimum Gasteiger partial charge on any atom is -0.339 e. The predicted molar refractivity (Wildman–Crippen MR) is 88.6 cm³/mol. The van der Waals surface area contributed by atoms with Crippen LogP contribution in [0.2, 0.25) is 5.02 Å². The molecule has 1 saturated heterocycles. The number of piperidine rings is 1. The number of amides is 1. The van der Waals surface area contributed by atoms with Crippen molar-refractivity contribution in [1.29, 1.82) is 0 Å². The van der Waals surface area contributed by atoms with Gasteiger partial charge < -0.3 is 9.30 Å². The molecule has 4 nitrogen and oxygen atoms in total. The first-order valence-electron chi connectivity index (χ1n) is 8.33. The molecular formula is C17H19ClF3N3O. The van der Waals surface area contributed by atoms with Gasteiger partial charge in [-0.2, -0.15) is 13.2 Å². The lowest BCUT2D eigenvalue weighted by atomic mass is 9.99. The molecule has 25 heavy (non-hydrogen) atoms. The monoisotopic (exact) mass is 373 g/mol. The lowest BCUT2D eigenvalue weighted by Crippen LogP contribution is -2.44. The van der Waals surface area contributed by atoms with Crippen LogP contribution in [0, 0.1) is 0 Å². The molecule has 2 aromatic rings. The largest absolute Gasteiger partial charge is 0.417 e. The van der Waals surface area contributed by atoms with Crippen molar-refractivity contribution < 1.29 is 18.0 Å². The Labute approximate surface area is 148 Å². The number of hydrogen-bond donors (Lipinski definition) is 0. The molecule has 0 bridgehead atoms. The van der Waals surface area contributed by atoms with E-state index in [2.05, 4.69) is 11.9 Å². The molecule has 0 N–H and O–H groups in total. The minimum atomic E-state index is -4.49. The first kappa shape index (κ1) is 18.0. The Morgan fingerprint density at radius 1 is 1.36 bits per heavy atom. The molecule has 1 unspecified atom stereocenters. The molecule has 0 aliphatic carbocycles. The minimum absolute atomic E-state index is 0.0397. The third-order valence-corrected chi connectivity index (χ3v) is 4.91. The van der Waals surface area contributed by atoms with Crippen LogP contribution in [-0.2, 0) is 17.4 Å². The molecule has 1 fully saturated rings. The number of aromatic nitrogens is 2. The number of imidazole rings is 1. The average molecular weight is 374 g/mol. The van der Waals surface area contributed by atoms with E-state index < -0.39 is 11.7 Å². The Hall–Kier alpha value is -1.76. The van der Waals surface area contributed by atoms with Gasteiger partial charge in [-0.25, -0.2) is 4.98 Å². The Bertz CT molecular complexity index is 787. The van der Waals surface area contributed by atoms with Gasteiger partial charge in [-0.1, -0.05) is 18.5 Å². The highest BCUT2D eigenvalue weighted by Crippen LogP contribution is 2.32. The van der Waals surface area contributed by atoms with E-state index in [9.17, 15) is 18.0 Å². The van der Waals surface area contributed by atoms with Crippen LogP contribution < -0.4 is 0 Å². The summed E-state index contributed by atoms with van der Waals surface area (Å²) < 4.78 is 39.9. The van der Waals surface area contributed by atoms with Crippen molar-refractivity contribution in [3.8, 4) is 0 Å². The van der Waals surface area contributed by atoms with Gasteiger partial charge in [0.05, 0.1) is 22.7 Å². The van der Waals surface area contributed by atoms with Crippen LogP contribution in [-0.4, -0.2) is 32.8 Å². The number of nitrogens with zero attached hydrogens (tertiary/aromatic N) is 3. The van der Waals surface area contributed by atoms with E-state index in [0.29, 0.717) is 5.69 Å². The van der Waals surface area contributed by atoms with Crippen LogP contribution in [0.4, 0.5) is 13.2 Å². The van der Waals surface area contributed by atoms with Crippen LogP contribution in [0.3, 0.4) is 0 Å². The fourth-order valence-corrected chi connectivity index (χ4v) is 3.62. The molecule has 1 aliphatic rings. The zero-order chi connectivity index (χ0) is 18.2. The van der Waals surface area contributed by atoms with Gasteiger partial charge in [0.15, 0.2) is 5.65 Å². The van der Waals surface area contributed by atoms with Crippen molar-refractivity contribution in [3.05, 3.63) is 34.7 Å². The van der Waals surface area contributed by atoms with E-state index in [1.807, 2.05) is 4.90 Å². The van der Waals surface area contributed by atoms with E-state index in [4.69, 9.17) is 11.6 Å². The second-order valence-corrected chi connectivity index (χ2v) is 6.77. The van der Waals surface area contributed by atoms with Crippen molar-refractivity contribution in [1.82, 2.24) is 14.3 Å². The lowest BCUT2D eigenvalue weighted by Gasteiger charge is -2.35. The van der Waals surface area contributed by atoms with Gasteiger partial charge in [0.2, 0.25) is 5.91 Å². The molecule has 3 rings (SSSR count). The second-order valence-electron chi connectivity index (χ2n) is 6.36. The first-order chi connectivity index (χ1) is 11.8. The second kappa shape index (κ2) is 6.86. The molecule has 3 heterocycles. The maximum Gasteiger partial charge on any atom is 0.417 e. The summed E-state index contributed by atoms with van der Waals surface area (Å²) in [6, 6.07) is 1.09. The zero-order valence-corrected chi connectivity index (χ0v) is 14.6. The molecule has 0 saturated carbocycles. The third kappa shape index (κ3) is 3.76. The highest BCUT2D eigenvalue weighted by atomic mass is 35.5. The first-order valence-corrected chi connectivity index (χ1v) is 8.71. The van der Waals surface area contributed by atoms with Gasteiger partial charge >= 0.3 is 6.18 Å². The number of hydrogen-bond acceptors (Lipinski definition) is 2. The number of halogens is 4. The van der Waals surface area contributed by atoms with Crippen molar-refractivity contribution in [3.63, 3.8) is 0 Å². The van der Waals surface area contributed by atoms with E-state index in [0.717, 1.165) is 44.5 Å². The Morgan fingerprint density at radius 3 is 2.80 bits per heavy atom. The summed E-state index contributed by atoms with van der Waals surface area (Å²) in [7, 11) is 0. The summed E-state index contributed by atoms with van der Waals surface area (Å²) in [5, 5.41) is -0.0852. The highest BCUT2D eigenvalue weighted by Gasteiger charge is 2.32. The van der Waals surface area contributed by atoms with Gasteiger partial charge in [0, 0.05) is 25.0 Å². The summed E-state index contributed by atoms with van der Waals surface area (Å²) in [4.78, 5) is 18.7. The summed E-state index contributed by atoms with van der Waals surface area (Å²) >= 11 is 5.93. The van der Waals surface area contributed by atoms with Gasteiger partial charge in [-0.05, 0) is 31.7 Å². The van der Waals surface area contributed by atoms with Gasteiger partial charge in [0.25, 0.3) is 0 Å². The summed E-state index contributed by atoms with van der Waals surface area (Å²) in [5.74, 6) is -0.0397. The van der Waals surface area contributed by atoms with Gasteiger partial charge in [-0.15, -0.1) is 0 Å². The van der Waals surface area contributed by atoms with Crippen LogP contribution in [0.25, 0.3) is 5.65 Å². The molecule has 1 aliphatic heterocycles. The number of rotatable bonds is 3. The maximum absolute atomic E-state index is 12.9. The maximum atomic E-state index is 12.9. The Morgan fingerprint density at radius 2 is 2.12 bits per heavy atom. The van der Waals surface area contributed by atoms with Crippen LogP contribution >= 0.6 is 11.6 Å². The average Bonchev–Trinajstić information content (AvgIpc) is 2.97. The number of fused-ring (bicyclic) bond motifs is 1. The van der Waals surface area contributed by atoms with E-state index >= 15 is 0 Å². The highest BCUT2D eigenvalue weighted by molar-refractivity contribution is 6.33. The van der Waals surface area contributed by atoms with Crippen LogP contribution in [0.5, 0.6) is 0 Å². The Balaban J connectivity index is 1.84. The number of carbonyl (C=O) groups is 1.